The Morgan fingerprint density at radius 3 is 2.76 bits per heavy atom. The molecule has 0 atom stereocenters. The van der Waals surface area contributed by atoms with E-state index in [1.54, 1.807) is 41.7 Å². The van der Waals surface area contributed by atoms with Gasteiger partial charge in [0.1, 0.15) is 5.58 Å². The lowest BCUT2D eigenvalue weighted by atomic mass is 10.1. The van der Waals surface area contributed by atoms with Crippen molar-refractivity contribution in [3.8, 4) is 0 Å². The minimum Gasteiger partial charge on any atom is -0.451 e. The van der Waals surface area contributed by atoms with Gasteiger partial charge in [-0.05, 0) is 18.6 Å². The summed E-state index contributed by atoms with van der Waals surface area (Å²) in [5.74, 6) is 0.756. The molecule has 0 fully saturated rings. The van der Waals surface area contributed by atoms with Crippen LogP contribution in [-0.2, 0) is 18.7 Å². The monoisotopic (exact) mass is 424 g/mol. The van der Waals surface area contributed by atoms with E-state index in [-0.39, 0.29) is 5.91 Å². The van der Waals surface area contributed by atoms with Gasteiger partial charge in [0.25, 0.3) is 5.91 Å². The number of thiazole rings is 1. The Kier molecular flexibility index (Phi) is 5.92. The minimum absolute atomic E-state index is 0.156. The summed E-state index contributed by atoms with van der Waals surface area (Å²) in [5.41, 5.74) is 2.46. The highest BCUT2D eigenvalue weighted by molar-refractivity contribution is 7.98. The molecule has 3 heterocycles. The molecule has 0 bridgehead atoms. The van der Waals surface area contributed by atoms with Gasteiger partial charge < -0.3 is 9.32 Å². The number of carbonyl (C=O) groups is 1. The number of hydrogen-bond acceptors (Lipinski definition) is 7. The predicted molar refractivity (Wildman–Crippen MR) is 115 cm³/mol. The number of benzene rings is 1. The fraction of sp³-hybridized carbons (Fsp3) is 0.238. The van der Waals surface area contributed by atoms with E-state index in [1.807, 2.05) is 29.6 Å². The van der Waals surface area contributed by atoms with E-state index in [4.69, 9.17) is 4.42 Å². The van der Waals surface area contributed by atoms with Gasteiger partial charge in [0.05, 0.1) is 17.2 Å². The first-order valence-corrected chi connectivity index (χ1v) is 11.1. The molecule has 4 aromatic rings. The summed E-state index contributed by atoms with van der Waals surface area (Å²) < 4.78 is 5.97. The molecule has 29 heavy (non-hydrogen) atoms. The largest absolute Gasteiger partial charge is 0.451 e. The van der Waals surface area contributed by atoms with Crippen LogP contribution in [-0.4, -0.2) is 32.8 Å². The van der Waals surface area contributed by atoms with E-state index in [1.165, 1.54) is 11.8 Å². The fourth-order valence-electron chi connectivity index (χ4n) is 2.98. The van der Waals surface area contributed by atoms with E-state index in [0.717, 1.165) is 28.1 Å². The first-order chi connectivity index (χ1) is 14.2. The maximum atomic E-state index is 13.2. The number of rotatable bonds is 7. The molecule has 1 amide bonds. The third-order valence-corrected chi connectivity index (χ3v) is 6.37. The lowest BCUT2D eigenvalue weighted by Gasteiger charge is -2.15. The Balaban J connectivity index is 1.60. The molecule has 4 rings (SSSR count). The summed E-state index contributed by atoms with van der Waals surface area (Å²) in [6, 6.07) is 9.50. The van der Waals surface area contributed by atoms with Crippen molar-refractivity contribution in [2.45, 2.75) is 30.8 Å². The van der Waals surface area contributed by atoms with Gasteiger partial charge in [-0.2, -0.15) is 0 Å². The second-order valence-corrected chi connectivity index (χ2v) is 8.36. The van der Waals surface area contributed by atoms with Crippen LogP contribution in [0.15, 0.2) is 57.7 Å². The predicted octanol–water partition coefficient (Wildman–Crippen LogP) is 4.81. The molecule has 0 unspecified atom stereocenters. The average molecular weight is 425 g/mol. The molecule has 0 saturated heterocycles. The number of hydrogen-bond donors (Lipinski definition) is 0. The van der Waals surface area contributed by atoms with Crippen LogP contribution in [0, 0.1) is 0 Å². The van der Waals surface area contributed by atoms with E-state index < -0.39 is 0 Å². The summed E-state index contributed by atoms with van der Waals surface area (Å²) >= 11 is 3.10. The number of fused-ring (bicyclic) bond motifs is 1. The molecule has 6 nitrogen and oxygen atoms in total. The molecule has 1 aromatic carbocycles. The molecule has 0 radical (unpaired) electrons. The molecule has 0 N–H and O–H groups in total. The molecule has 0 saturated carbocycles. The Hall–Kier alpha value is -2.71. The second-order valence-electron chi connectivity index (χ2n) is 6.47. The van der Waals surface area contributed by atoms with Gasteiger partial charge in [-0.25, -0.2) is 15.0 Å². The zero-order valence-corrected chi connectivity index (χ0v) is 17.8. The quantitative estimate of drug-likeness (QED) is 0.313. The van der Waals surface area contributed by atoms with Crippen LogP contribution in [0.25, 0.3) is 11.0 Å². The molecule has 3 aromatic heterocycles. The Labute approximate surface area is 177 Å². The third kappa shape index (κ3) is 4.33. The summed E-state index contributed by atoms with van der Waals surface area (Å²) in [4.78, 5) is 27.9. The molecule has 8 heteroatoms. The van der Waals surface area contributed by atoms with Crippen LogP contribution in [0.1, 0.15) is 33.7 Å². The molecule has 0 aliphatic heterocycles. The molecule has 0 spiro atoms. The van der Waals surface area contributed by atoms with Crippen molar-refractivity contribution in [3.05, 3.63) is 70.1 Å². The van der Waals surface area contributed by atoms with E-state index in [9.17, 15) is 4.79 Å². The lowest BCUT2D eigenvalue weighted by Crippen LogP contribution is -2.26. The maximum absolute atomic E-state index is 13.2. The van der Waals surface area contributed by atoms with Gasteiger partial charge in [-0.3, -0.25) is 4.79 Å². The van der Waals surface area contributed by atoms with Crippen LogP contribution < -0.4 is 0 Å². The van der Waals surface area contributed by atoms with Crippen LogP contribution in [0.4, 0.5) is 0 Å². The molecule has 0 aliphatic carbocycles. The number of aryl methyl sites for hydroxylation is 1. The van der Waals surface area contributed by atoms with Gasteiger partial charge in [0.15, 0.2) is 10.9 Å². The Bertz CT molecular complexity index is 1120. The topological polar surface area (TPSA) is 72.1 Å². The first-order valence-electron chi connectivity index (χ1n) is 9.24. The van der Waals surface area contributed by atoms with Crippen molar-refractivity contribution in [2.24, 2.45) is 0 Å². The van der Waals surface area contributed by atoms with Crippen molar-refractivity contribution in [1.29, 1.82) is 0 Å². The normalized spacial score (nSPS) is 11.1. The number of thioether (sulfide) groups is 1. The van der Waals surface area contributed by atoms with Gasteiger partial charge >= 0.3 is 0 Å². The Morgan fingerprint density at radius 1 is 1.21 bits per heavy atom. The average Bonchev–Trinajstić information content (AvgIpc) is 3.36. The lowest BCUT2D eigenvalue weighted by molar-refractivity contribution is 0.0753. The van der Waals surface area contributed by atoms with Crippen molar-refractivity contribution in [2.75, 3.05) is 7.05 Å². The smallest absolute Gasteiger partial charge is 0.290 e. The maximum Gasteiger partial charge on any atom is 0.290 e. The summed E-state index contributed by atoms with van der Waals surface area (Å²) in [5, 5.41) is 4.68. The molecular formula is C21H20N4O2S2. The number of amides is 1. The zero-order chi connectivity index (χ0) is 20.2. The molecule has 148 valence electrons. The molecular weight excluding hydrogens is 404 g/mol. The van der Waals surface area contributed by atoms with Crippen LogP contribution in [0.5, 0.6) is 0 Å². The van der Waals surface area contributed by atoms with Gasteiger partial charge in [-0.1, -0.05) is 36.9 Å². The van der Waals surface area contributed by atoms with Gasteiger partial charge in [0.2, 0.25) is 0 Å². The summed E-state index contributed by atoms with van der Waals surface area (Å²) in [7, 11) is 1.78. The third-order valence-electron chi connectivity index (χ3n) is 4.43. The van der Waals surface area contributed by atoms with Crippen molar-refractivity contribution < 1.29 is 9.21 Å². The van der Waals surface area contributed by atoms with Crippen LogP contribution in [0.2, 0.25) is 0 Å². The summed E-state index contributed by atoms with van der Waals surface area (Å²) in [6.45, 7) is 2.52. The van der Waals surface area contributed by atoms with E-state index >= 15 is 0 Å². The van der Waals surface area contributed by atoms with E-state index in [2.05, 4.69) is 21.9 Å². The minimum atomic E-state index is -0.156. The molecule has 0 aliphatic rings. The Morgan fingerprint density at radius 2 is 2.00 bits per heavy atom. The zero-order valence-electron chi connectivity index (χ0n) is 16.2. The highest BCUT2D eigenvalue weighted by Crippen LogP contribution is 2.31. The van der Waals surface area contributed by atoms with Crippen molar-refractivity contribution in [1.82, 2.24) is 19.9 Å². The highest BCUT2D eigenvalue weighted by atomic mass is 32.2. The number of aromatic nitrogens is 3. The van der Waals surface area contributed by atoms with Crippen molar-refractivity contribution in [3.63, 3.8) is 0 Å². The first kappa shape index (κ1) is 19.6. The second kappa shape index (κ2) is 8.75. The number of furan rings is 1. The van der Waals surface area contributed by atoms with Crippen LogP contribution >= 0.6 is 23.1 Å². The number of nitrogens with zero attached hydrogens (tertiary/aromatic N) is 4. The standard InChI is InChI=1S/C21H20N4O2S2/c1-3-18-24-14(12-28-18)11-25(2)20(26)19-16(13-29-21-22-9-6-10-23-21)15-7-4-5-8-17(15)27-19/h4-10,12H,3,11,13H2,1-2H3. The van der Waals surface area contributed by atoms with Gasteiger partial charge in [0, 0.05) is 41.5 Å². The van der Waals surface area contributed by atoms with Crippen LogP contribution in [0.3, 0.4) is 0 Å². The SMILES string of the molecule is CCc1nc(CN(C)C(=O)c2oc3ccccc3c2CSc2ncccn2)cs1. The highest BCUT2D eigenvalue weighted by Gasteiger charge is 2.24. The number of para-hydroxylation sites is 1. The van der Waals surface area contributed by atoms with Crippen molar-refractivity contribution >= 4 is 40.0 Å². The summed E-state index contributed by atoms with van der Waals surface area (Å²) in [6.07, 6.45) is 4.32. The number of carbonyl (C=O) groups excluding carboxylic acids is 1. The van der Waals surface area contributed by atoms with E-state index in [0.29, 0.717) is 28.8 Å². The van der Waals surface area contributed by atoms with Gasteiger partial charge in [-0.15, -0.1) is 11.3 Å². The fourth-order valence-corrected chi connectivity index (χ4v) is 4.55.